The molecule has 1 atom stereocenters. The Balaban J connectivity index is 1.87. The zero-order valence-electron chi connectivity index (χ0n) is 11.4. The summed E-state index contributed by atoms with van der Waals surface area (Å²) in [5.74, 6) is -0.130. The third-order valence-corrected chi connectivity index (χ3v) is 3.71. The van der Waals surface area contributed by atoms with Crippen molar-refractivity contribution < 1.29 is 9.18 Å². The molecule has 104 valence electrons. The fraction of sp³-hybridized carbons (Fsp3) is 0.533. The van der Waals surface area contributed by atoms with Gasteiger partial charge in [-0.05, 0) is 49.9 Å². The summed E-state index contributed by atoms with van der Waals surface area (Å²) < 4.78 is 12.8. The molecule has 0 aliphatic carbocycles. The smallest absolute Gasteiger partial charge is 0.242 e. The van der Waals surface area contributed by atoms with E-state index < -0.39 is 0 Å². The summed E-state index contributed by atoms with van der Waals surface area (Å²) in [5, 5.41) is 3.06. The van der Waals surface area contributed by atoms with E-state index in [1.165, 1.54) is 18.6 Å². The molecule has 1 aromatic carbocycles. The monoisotopic (exact) mass is 264 g/mol. The second kappa shape index (κ2) is 6.55. The van der Waals surface area contributed by atoms with Crippen molar-refractivity contribution in [1.82, 2.24) is 4.90 Å². The lowest BCUT2D eigenvalue weighted by atomic mass is 10.00. The molecule has 1 aliphatic rings. The van der Waals surface area contributed by atoms with E-state index in [1.807, 2.05) is 4.90 Å². The van der Waals surface area contributed by atoms with Crippen LogP contribution >= 0.6 is 0 Å². The number of nitrogens with zero attached hydrogens (tertiary/aromatic N) is 1. The second-order valence-electron chi connectivity index (χ2n) is 5.01. The number of hydrogen-bond donors (Lipinski definition) is 1. The first kappa shape index (κ1) is 13.8. The van der Waals surface area contributed by atoms with E-state index in [0.29, 0.717) is 6.04 Å². The van der Waals surface area contributed by atoms with Gasteiger partial charge in [0.1, 0.15) is 5.82 Å². The highest BCUT2D eigenvalue weighted by Gasteiger charge is 2.24. The number of carbonyl (C=O) groups is 1. The fourth-order valence-corrected chi connectivity index (χ4v) is 2.60. The maximum Gasteiger partial charge on any atom is 0.242 e. The van der Waals surface area contributed by atoms with Crippen LogP contribution in [0.2, 0.25) is 0 Å². The number of carbonyl (C=O) groups excluding carboxylic acids is 1. The minimum Gasteiger partial charge on any atom is -0.376 e. The Labute approximate surface area is 113 Å². The number of nitrogens with one attached hydrogen (secondary N) is 1. The predicted molar refractivity (Wildman–Crippen MR) is 74.5 cm³/mol. The Morgan fingerprint density at radius 1 is 1.37 bits per heavy atom. The van der Waals surface area contributed by atoms with E-state index >= 15 is 0 Å². The van der Waals surface area contributed by atoms with Gasteiger partial charge >= 0.3 is 0 Å². The molecule has 3 nitrogen and oxygen atoms in total. The van der Waals surface area contributed by atoms with Gasteiger partial charge in [0.25, 0.3) is 0 Å². The highest BCUT2D eigenvalue weighted by molar-refractivity contribution is 5.81. The number of piperidine rings is 1. The topological polar surface area (TPSA) is 32.3 Å². The quantitative estimate of drug-likeness (QED) is 0.906. The van der Waals surface area contributed by atoms with Crippen molar-refractivity contribution in [1.29, 1.82) is 0 Å². The fourth-order valence-electron chi connectivity index (χ4n) is 2.60. The zero-order valence-corrected chi connectivity index (χ0v) is 11.4. The van der Waals surface area contributed by atoms with Crippen molar-refractivity contribution >= 4 is 11.6 Å². The summed E-state index contributed by atoms with van der Waals surface area (Å²) in [6.45, 7) is 3.27. The maximum absolute atomic E-state index is 12.8. The van der Waals surface area contributed by atoms with E-state index in [2.05, 4.69) is 12.2 Å². The Bertz CT molecular complexity index is 419. The summed E-state index contributed by atoms with van der Waals surface area (Å²) >= 11 is 0. The molecule has 2 rings (SSSR count). The molecule has 0 spiro atoms. The van der Waals surface area contributed by atoms with Crippen LogP contribution in [0.4, 0.5) is 10.1 Å². The van der Waals surface area contributed by atoms with Crippen LogP contribution in [0.1, 0.15) is 32.6 Å². The van der Waals surface area contributed by atoms with Gasteiger partial charge in [0.15, 0.2) is 0 Å². The van der Waals surface area contributed by atoms with E-state index in [-0.39, 0.29) is 18.3 Å². The lowest BCUT2D eigenvalue weighted by Crippen LogP contribution is -2.45. The van der Waals surface area contributed by atoms with Gasteiger partial charge in [-0.1, -0.05) is 6.92 Å². The van der Waals surface area contributed by atoms with E-state index in [0.717, 1.165) is 31.5 Å². The van der Waals surface area contributed by atoms with E-state index in [1.54, 1.807) is 12.1 Å². The third kappa shape index (κ3) is 3.69. The zero-order chi connectivity index (χ0) is 13.7. The lowest BCUT2D eigenvalue weighted by Gasteiger charge is -2.35. The predicted octanol–water partition coefficient (Wildman–Crippen LogP) is 3.03. The highest BCUT2D eigenvalue weighted by atomic mass is 19.1. The van der Waals surface area contributed by atoms with Gasteiger partial charge in [0, 0.05) is 18.3 Å². The molecule has 4 heteroatoms. The average Bonchev–Trinajstić information content (AvgIpc) is 2.46. The van der Waals surface area contributed by atoms with Crippen LogP contribution in [-0.4, -0.2) is 29.9 Å². The van der Waals surface area contributed by atoms with Gasteiger partial charge in [-0.2, -0.15) is 0 Å². The molecule has 1 aliphatic heterocycles. The SMILES string of the molecule is CCC1CCCCN1C(=O)CNc1ccc(F)cc1. The first-order valence-corrected chi connectivity index (χ1v) is 6.99. The van der Waals surface area contributed by atoms with Crippen molar-refractivity contribution in [2.45, 2.75) is 38.6 Å². The molecular formula is C15H21FN2O. The minimum atomic E-state index is -0.265. The van der Waals surface area contributed by atoms with Crippen LogP contribution in [0.25, 0.3) is 0 Å². The second-order valence-corrected chi connectivity index (χ2v) is 5.01. The number of halogens is 1. The third-order valence-electron chi connectivity index (χ3n) is 3.71. The van der Waals surface area contributed by atoms with E-state index in [4.69, 9.17) is 0 Å². The molecule has 0 radical (unpaired) electrons. The molecule has 1 heterocycles. The molecule has 0 saturated carbocycles. The van der Waals surface area contributed by atoms with Gasteiger partial charge in [-0.15, -0.1) is 0 Å². The molecule has 1 amide bonds. The van der Waals surface area contributed by atoms with Crippen molar-refractivity contribution in [3.05, 3.63) is 30.1 Å². The number of hydrogen-bond acceptors (Lipinski definition) is 2. The standard InChI is InChI=1S/C15H21FN2O/c1-2-14-5-3-4-10-18(14)15(19)11-17-13-8-6-12(16)7-9-13/h6-9,14,17H,2-5,10-11H2,1H3. The van der Waals surface area contributed by atoms with Crippen LogP contribution in [0, 0.1) is 5.82 Å². The number of anilines is 1. The molecule has 1 aromatic rings. The number of likely N-dealkylation sites (tertiary alicyclic amines) is 1. The van der Waals surface area contributed by atoms with Crippen LogP contribution in [-0.2, 0) is 4.79 Å². The first-order valence-electron chi connectivity index (χ1n) is 6.99. The Hall–Kier alpha value is -1.58. The van der Waals surface area contributed by atoms with Gasteiger partial charge in [-0.3, -0.25) is 4.79 Å². The van der Waals surface area contributed by atoms with Crippen LogP contribution in [0.15, 0.2) is 24.3 Å². The molecule has 1 unspecified atom stereocenters. The average molecular weight is 264 g/mol. The molecule has 19 heavy (non-hydrogen) atoms. The molecule has 1 N–H and O–H groups in total. The van der Waals surface area contributed by atoms with Crippen LogP contribution < -0.4 is 5.32 Å². The largest absolute Gasteiger partial charge is 0.376 e. The number of amides is 1. The Kier molecular flexibility index (Phi) is 4.77. The molecule has 0 aromatic heterocycles. The first-order chi connectivity index (χ1) is 9.20. The maximum atomic E-state index is 12.8. The normalized spacial score (nSPS) is 19.3. The summed E-state index contributed by atoms with van der Waals surface area (Å²) in [6, 6.07) is 6.47. The van der Waals surface area contributed by atoms with Crippen molar-refractivity contribution in [2.24, 2.45) is 0 Å². The number of rotatable bonds is 4. The van der Waals surface area contributed by atoms with E-state index in [9.17, 15) is 9.18 Å². The van der Waals surface area contributed by atoms with Gasteiger partial charge in [-0.25, -0.2) is 4.39 Å². The van der Waals surface area contributed by atoms with Crippen molar-refractivity contribution in [2.75, 3.05) is 18.4 Å². The molecular weight excluding hydrogens is 243 g/mol. The lowest BCUT2D eigenvalue weighted by molar-refractivity contribution is -0.133. The van der Waals surface area contributed by atoms with Crippen LogP contribution in [0.5, 0.6) is 0 Å². The summed E-state index contributed by atoms with van der Waals surface area (Å²) in [5.41, 5.74) is 0.778. The highest BCUT2D eigenvalue weighted by Crippen LogP contribution is 2.19. The summed E-state index contributed by atoms with van der Waals surface area (Å²) in [6.07, 6.45) is 4.44. The van der Waals surface area contributed by atoms with Gasteiger partial charge < -0.3 is 10.2 Å². The summed E-state index contributed by atoms with van der Waals surface area (Å²) in [4.78, 5) is 14.2. The summed E-state index contributed by atoms with van der Waals surface area (Å²) in [7, 11) is 0. The number of benzene rings is 1. The molecule has 1 saturated heterocycles. The molecule has 0 bridgehead atoms. The molecule has 1 fully saturated rings. The van der Waals surface area contributed by atoms with Crippen molar-refractivity contribution in [3.63, 3.8) is 0 Å². The van der Waals surface area contributed by atoms with Gasteiger partial charge in [0.2, 0.25) is 5.91 Å². The Morgan fingerprint density at radius 3 is 2.79 bits per heavy atom. The minimum absolute atomic E-state index is 0.135. The Morgan fingerprint density at radius 2 is 2.11 bits per heavy atom. The van der Waals surface area contributed by atoms with Crippen LogP contribution in [0.3, 0.4) is 0 Å². The van der Waals surface area contributed by atoms with Crippen molar-refractivity contribution in [3.8, 4) is 0 Å². The van der Waals surface area contributed by atoms with Gasteiger partial charge in [0.05, 0.1) is 6.54 Å².